The number of carbonyl (C=O) groups is 1. The van der Waals surface area contributed by atoms with Crippen LogP contribution in [0.1, 0.15) is 30.5 Å². The molecule has 0 unspecified atom stereocenters. The number of amides is 1. The van der Waals surface area contributed by atoms with Gasteiger partial charge in [-0.3, -0.25) is 9.48 Å². The summed E-state index contributed by atoms with van der Waals surface area (Å²) in [4.78, 5) is 12.0. The Kier molecular flexibility index (Phi) is 4.00. The Morgan fingerprint density at radius 3 is 2.84 bits per heavy atom. The van der Waals surface area contributed by atoms with Gasteiger partial charge in [-0.1, -0.05) is 12.1 Å². The molecule has 0 saturated carbocycles. The molecule has 1 atom stereocenters. The highest BCUT2D eigenvalue weighted by atomic mass is 16.1. The van der Waals surface area contributed by atoms with Crippen molar-refractivity contribution in [1.82, 2.24) is 9.78 Å². The minimum Gasteiger partial charge on any atom is -0.326 e. The molecule has 0 bridgehead atoms. The van der Waals surface area contributed by atoms with E-state index in [4.69, 9.17) is 0 Å². The van der Waals surface area contributed by atoms with Crippen LogP contribution in [0.4, 0.5) is 5.69 Å². The number of nitrogens with zero attached hydrogens (tertiary/aromatic N) is 2. The summed E-state index contributed by atoms with van der Waals surface area (Å²) in [7, 11) is 0. The lowest BCUT2D eigenvalue weighted by atomic mass is 10.1. The summed E-state index contributed by atoms with van der Waals surface area (Å²) in [6, 6.07) is 7.84. The van der Waals surface area contributed by atoms with Crippen molar-refractivity contribution < 1.29 is 4.79 Å². The van der Waals surface area contributed by atoms with E-state index in [1.807, 2.05) is 51.2 Å². The van der Waals surface area contributed by atoms with Crippen molar-refractivity contribution in [2.45, 2.75) is 33.2 Å². The zero-order chi connectivity index (χ0) is 13.8. The molecule has 0 aliphatic rings. The lowest BCUT2D eigenvalue weighted by Gasteiger charge is -2.14. The molecule has 2 rings (SSSR count). The summed E-state index contributed by atoms with van der Waals surface area (Å²) in [5.41, 5.74) is 3.18. The number of rotatable bonds is 4. The summed E-state index contributed by atoms with van der Waals surface area (Å²) < 4.78 is 1.79. The maximum absolute atomic E-state index is 12.0. The van der Waals surface area contributed by atoms with Gasteiger partial charge < -0.3 is 5.32 Å². The second kappa shape index (κ2) is 5.69. The van der Waals surface area contributed by atoms with E-state index in [0.717, 1.165) is 11.3 Å². The highest BCUT2D eigenvalue weighted by Gasteiger charge is 2.12. The second-order valence-corrected chi connectivity index (χ2v) is 4.83. The minimum atomic E-state index is 0.0108. The van der Waals surface area contributed by atoms with E-state index < -0.39 is 0 Å². The fraction of sp³-hybridized carbons (Fsp3) is 0.333. The molecule has 1 aromatic carbocycles. The first-order valence-corrected chi connectivity index (χ1v) is 6.43. The maximum Gasteiger partial charge on any atom is 0.226 e. The number of carbonyl (C=O) groups excluding carboxylic acids is 1. The van der Waals surface area contributed by atoms with Crippen molar-refractivity contribution in [3.8, 4) is 0 Å². The second-order valence-electron chi connectivity index (χ2n) is 4.83. The van der Waals surface area contributed by atoms with Crippen molar-refractivity contribution in [2.24, 2.45) is 0 Å². The quantitative estimate of drug-likeness (QED) is 0.915. The predicted octanol–water partition coefficient (Wildman–Crippen LogP) is 3.09. The van der Waals surface area contributed by atoms with Crippen LogP contribution in [0.3, 0.4) is 0 Å². The van der Waals surface area contributed by atoms with Crippen LogP contribution >= 0.6 is 0 Å². The predicted molar refractivity (Wildman–Crippen MR) is 76.1 cm³/mol. The molecule has 0 radical (unpaired) electrons. The number of hydrogen-bond donors (Lipinski definition) is 1. The van der Waals surface area contributed by atoms with Crippen molar-refractivity contribution in [1.29, 1.82) is 0 Å². The third kappa shape index (κ3) is 3.22. The van der Waals surface area contributed by atoms with E-state index >= 15 is 0 Å². The Morgan fingerprint density at radius 1 is 1.37 bits per heavy atom. The van der Waals surface area contributed by atoms with Gasteiger partial charge in [0.05, 0.1) is 6.04 Å². The van der Waals surface area contributed by atoms with E-state index in [1.54, 1.807) is 10.9 Å². The lowest BCUT2D eigenvalue weighted by Crippen LogP contribution is -2.18. The Balaban J connectivity index is 2.00. The Bertz CT molecular complexity index is 561. The molecule has 0 aliphatic carbocycles. The highest BCUT2D eigenvalue weighted by Crippen LogP contribution is 2.19. The molecule has 19 heavy (non-hydrogen) atoms. The number of nitrogens with one attached hydrogen (secondary N) is 1. The smallest absolute Gasteiger partial charge is 0.226 e. The minimum absolute atomic E-state index is 0.0108. The van der Waals surface area contributed by atoms with Gasteiger partial charge in [0.2, 0.25) is 5.91 Å². The summed E-state index contributed by atoms with van der Waals surface area (Å²) >= 11 is 0. The molecule has 0 aliphatic heterocycles. The average molecular weight is 257 g/mol. The monoisotopic (exact) mass is 257 g/mol. The Morgan fingerprint density at radius 2 is 2.16 bits per heavy atom. The van der Waals surface area contributed by atoms with Gasteiger partial charge in [-0.25, -0.2) is 0 Å². The molecule has 0 saturated heterocycles. The van der Waals surface area contributed by atoms with Gasteiger partial charge in [0.1, 0.15) is 0 Å². The molecule has 1 heterocycles. The molecule has 0 spiro atoms. The van der Waals surface area contributed by atoms with E-state index in [0.29, 0.717) is 6.42 Å². The third-order valence-corrected chi connectivity index (χ3v) is 3.34. The largest absolute Gasteiger partial charge is 0.326 e. The Hall–Kier alpha value is -2.10. The fourth-order valence-corrected chi connectivity index (χ4v) is 1.99. The summed E-state index contributed by atoms with van der Waals surface area (Å²) in [6.07, 6.45) is 4.00. The van der Waals surface area contributed by atoms with Crippen molar-refractivity contribution in [3.63, 3.8) is 0 Å². The van der Waals surface area contributed by atoms with E-state index in [1.165, 1.54) is 5.56 Å². The first kappa shape index (κ1) is 13.3. The van der Waals surface area contributed by atoms with Gasteiger partial charge in [-0.15, -0.1) is 0 Å². The van der Waals surface area contributed by atoms with Crippen molar-refractivity contribution in [2.75, 3.05) is 5.32 Å². The first-order chi connectivity index (χ1) is 9.08. The Labute approximate surface area is 113 Å². The van der Waals surface area contributed by atoms with Crippen molar-refractivity contribution in [3.05, 3.63) is 47.8 Å². The van der Waals surface area contributed by atoms with Crippen molar-refractivity contribution >= 4 is 11.6 Å². The van der Waals surface area contributed by atoms with E-state index in [2.05, 4.69) is 10.4 Å². The van der Waals surface area contributed by atoms with Crippen LogP contribution in [0.5, 0.6) is 0 Å². The molecule has 1 N–H and O–H groups in total. The van der Waals surface area contributed by atoms with Crippen LogP contribution in [0.25, 0.3) is 0 Å². The molecular formula is C15H19N3O. The normalized spacial score (nSPS) is 12.2. The van der Waals surface area contributed by atoms with E-state index in [-0.39, 0.29) is 11.9 Å². The number of benzene rings is 1. The molecule has 1 amide bonds. The van der Waals surface area contributed by atoms with Crippen LogP contribution in [-0.4, -0.2) is 15.7 Å². The topological polar surface area (TPSA) is 46.9 Å². The van der Waals surface area contributed by atoms with Crippen LogP contribution in [0, 0.1) is 13.8 Å². The van der Waals surface area contributed by atoms with Crippen LogP contribution in [0.15, 0.2) is 36.7 Å². The number of hydrogen-bond acceptors (Lipinski definition) is 2. The van der Waals surface area contributed by atoms with Crippen LogP contribution < -0.4 is 5.32 Å². The van der Waals surface area contributed by atoms with Gasteiger partial charge in [0.25, 0.3) is 0 Å². The maximum atomic E-state index is 12.0. The van der Waals surface area contributed by atoms with E-state index in [9.17, 15) is 4.79 Å². The molecule has 4 heteroatoms. The highest BCUT2D eigenvalue weighted by molar-refractivity contribution is 5.91. The molecule has 0 fully saturated rings. The van der Waals surface area contributed by atoms with Gasteiger partial charge >= 0.3 is 0 Å². The average Bonchev–Trinajstić information content (AvgIpc) is 2.88. The summed E-state index contributed by atoms with van der Waals surface area (Å²) in [5.74, 6) is 0.0108. The molecule has 100 valence electrons. The number of aromatic nitrogens is 2. The van der Waals surface area contributed by atoms with Gasteiger partial charge in [-0.2, -0.15) is 5.10 Å². The fourth-order valence-electron chi connectivity index (χ4n) is 1.99. The van der Waals surface area contributed by atoms with Gasteiger partial charge in [-0.05, 0) is 44.0 Å². The van der Waals surface area contributed by atoms with Crippen LogP contribution in [0.2, 0.25) is 0 Å². The molecule has 2 aromatic rings. The lowest BCUT2D eigenvalue weighted by molar-refractivity contribution is -0.116. The van der Waals surface area contributed by atoms with Gasteiger partial charge in [0, 0.05) is 24.5 Å². The SMILES string of the molecule is Cc1cccc(NC(=O)C[C@@H](C)n2cccn2)c1C. The first-order valence-electron chi connectivity index (χ1n) is 6.43. The standard InChI is InChI=1S/C15H19N3O/c1-11-6-4-7-14(13(11)3)17-15(19)10-12(2)18-9-5-8-16-18/h4-9,12H,10H2,1-3H3,(H,17,19)/t12-/m1/s1. The van der Waals surface area contributed by atoms with Gasteiger partial charge in [0.15, 0.2) is 0 Å². The number of aryl methyl sites for hydroxylation is 1. The third-order valence-electron chi connectivity index (χ3n) is 3.34. The zero-order valence-electron chi connectivity index (χ0n) is 11.6. The van der Waals surface area contributed by atoms with Crippen LogP contribution in [-0.2, 0) is 4.79 Å². The molecule has 1 aromatic heterocycles. The summed E-state index contributed by atoms with van der Waals surface area (Å²) in [6.45, 7) is 6.04. The zero-order valence-corrected chi connectivity index (χ0v) is 11.6. The molecule has 4 nitrogen and oxygen atoms in total. The molecular weight excluding hydrogens is 238 g/mol. The summed E-state index contributed by atoms with van der Waals surface area (Å²) in [5, 5.41) is 7.11. The number of anilines is 1.